The predicted molar refractivity (Wildman–Crippen MR) is 107 cm³/mol. The van der Waals surface area contributed by atoms with Gasteiger partial charge in [0.25, 0.3) is 0 Å². The van der Waals surface area contributed by atoms with Gasteiger partial charge in [0.05, 0.1) is 18.9 Å². The zero-order valence-electron chi connectivity index (χ0n) is 15.9. The maximum atomic E-state index is 12.8. The molecule has 0 aromatic heterocycles. The molecule has 0 spiro atoms. The Labute approximate surface area is 160 Å². The number of aryl methyl sites for hydroxylation is 1. The van der Waals surface area contributed by atoms with Crippen LogP contribution >= 0.6 is 0 Å². The second-order valence-electron chi connectivity index (χ2n) is 6.95. The van der Waals surface area contributed by atoms with Crippen molar-refractivity contribution in [1.29, 1.82) is 0 Å². The number of fused-ring (bicyclic) bond motifs is 1. The van der Waals surface area contributed by atoms with Crippen molar-refractivity contribution in [1.82, 2.24) is 0 Å². The third-order valence-corrected chi connectivity index (χ3v) is 4.88. The first-order valence-corrected chi connectivity index (χ1v) is 9.36. The molecule has 2 amide bonds. The van der Waals surface area contributed by atoms with E-state index in [4.69, 9.17) is 4.74 Å². The number of amides is 2. The lowest BCUT2D eigenvalue weighted by Crippen LogP contribution is -2.36. The van der Waals surface area contributed by atoms with E-state index in [1.54, 1.807) is 7.11 Å². The van der Waals surface area contributed by atoms with E-state index in [1.807, 2.05) is 54.3 Å². The molecular weight excluding hydrogens is 340 g/mol. The van der Waals surface area contributed by atoms with Crippen LogP contribution in [0.15, 0.2) is 48.5 Å². The van der Waals surface area contributed by atoms with Crippen LogP contribution in [0.1, 0.15) is 30.9 Å². The van der Waals surface area contributed by atoms with Crippen molar-refractivity contribution in [3.8, 4) is 0 Å². The van der Waals surface area contributed by atoms with Crippen LogP contribution in [0.4, 0.5) is 11.4 Å². The SMILES string of the molecule is COC(C)CC(=O)Nc1ccc(CC(=O)N2CCCc3ccccc32)cc1. The van der Waals surface area contributed by atoms with Crippen molar-refractivity contribution in [2.45, 2.75) is 38.7 Å². The van der Waals surface area contributed by atoms with Crippen LogP contribution in [0.5, 0.6) is 0 Å². The van der Waals surface area contributed by atoms with Crippen LogP contribution in [-0.2, 0) is 27.2 Å². The number of rotatable bonds is 6. The molecule has 1 N–H and O–H groups in total. The van der Waals surface area contributed by atoms with E-state index in [0.29, 0.717) is 12.8 Å². The van der Waals surface area contributed by atoms with Crippen molar-refractivity contribution >= 4 is 23.2 Å². The number of hydrogen-bond donors (Lipinski definition) is 1. The lowest BCUT2D eigenvalue weighted by Gasteiger charge is -2.29. The Morgan fingerprint density at radius 1 is 1.15 bits per heavy atom. The van der Waals surface area contributed by atoms with Crippen molar-refractivity contribution in [2.75, 3.05) is 23.9 Å². The number of hydrogen-bond acceptors (Lipinski definition) is 3. The van der Waals surface area contributed by atoms with Gasteiger partial charge in [-0.3, -0.25) is 9.59 Å². The monoisotopic (exact) mass is 366 g/mol. The van der Waals surface area contributed by atoms with Gasteiger partial charge in [0.2, 0.25) is 11.8 Å². The zero-order valence-corrected chi connectivity index (χ0v) is 15.9. The minimum Gasteiger partial charge on any atom is -0.381 e. The molecule has 0 saturated carbocycles. The van der Waals surface area contributed by atoms with Crippen LogP contribution in [0.2, 0.25) is 0 Å². The lowest BCUT2D eigenvalue weighted by molar-refractivity contribution is -0.119. The Morgan fingerprint density at radius 3 is 2.63 bits per heavy atom. The van der Waals surface area contributed by atoms with Gasteiger partial charge in [0, 0.05) is 25.0 Å². The predicted octanol–water partition coefficient (Wildman–Crippen LogP) is 3.57. The summed E-state index contributed by atoms with van der Waals surface area (Å²) in [6.45, 7) is 2.62. The number of anilines is 2. The molecule has 0 bridgehead atoms. The molecule has 1 unspecified atom stereocenters. The van der Waals surface area contributed by atoms with Crippen LogP contribution < -0.4 is 10.2 Å². The van der Waals surface area contributed by atoms with Crippen molar-refractivity contribution in [2.24, 2.45) is 0 Å². The molecule has 142 valence electrons. The Kier molecular flexibility index (Phi) is 6.24. The highest BCUT2D eigenvalue weighted by Gasteiger charge is 2.22. The molecule has 0 aliphatic carbocycles. The van der Waals surface area contributed by atoms with Gasteiger partial charge in [-0.1, -0.05) is 30.3 Å². The minimum absolute atomic E-state index is 0.0851. The molecule has 0 saturated heterocycles. The summed E-state index contributed by atoms with van der Waals surface area (Å²) >= 11 is 0. The normalized spacial score (nSPS) is 14.4. The van der Waals surface area contributed by atoms with E-state index in [1.165, 1.54) is 5.56 Å². The molecule has 27 heavy (non-hydrogen) atoms. The Hall–Kier alpha value is -2.66. The molecule has 1 aliphatic rings. The number of para-hydroxylation sites is 1. The zero-order chi connectivity index (χ0) is 19.2. The first kappa shape index (κ1) is 19.1. The van der Waals surface area contributed by atoms with E-state index in [2.05, 4.69) is 11.4 Å². The summed E-state index contributed by atoms with van der Waals surface area (Å²) in [5.41, 5.74) is 3.93. The number of benzene rings is 2. The molecule has 1 heterocycles. The van der Waals surface area contributed by atoms with Gasteiger partial charge < -0.3 is 15.0 Å². The number of carbonyl (C=O) groups is 2. The fourth-order valence-corrected chi connectivity index (χ4v) is 3.33. The van der Waals surface area contributed by atoms with Gasteiger partial charge in [-0.25, -0.2) is 0 Å². The number of methoxy groups -OCH3 is 1. The number of nitrogens with one attached hydrogen (secondary N) is 1. The van der Waals surface area contributed by atoms with Gasteiger partial charge in [-0.2, -0.15) is 0 Å². The molecule has 3 rings (SSSR count). The Balaban J connectivity index is 1.60. The van der Waals surface area contributed by atoms with E-state index < -0.39 is 0 Å². The molecular formula is C22H26N2O3. The fourth-order valence-electron chi connectivity index (χ4n) is 3.33. The highest BCUT2D eigenvalue weighted by molar-refractivity contribution is 5.96. The standard InChI is InChI=1S/C22H26N2O3/c1-16(27-2)14-21(25)23-19-11-9-17(10-12-19)15-22(26)24-13-5-7-18-6-3-4-8-20(18)24/h3-4,6,8-12,16H,5,7,13-15H2,1-2H3,(H,23,25). The van der Waals surface area contributed by atoms with Crippen LogP contribution in [0.3, 0.4) is 0 Å². The van der Waals surface area contributed by atoms with Gasteiger partial charge >= 0.3 is 0 Å². The molecule has 0 fully saturated rings. The lowest BCUT2D eigenvalue weighted by atomic mass is 10.0. The summed E-state index contributed by atoms with van der Waals surface area (Å²) in [5.74, 6) is 0.0194. The number of carbonyl (C=O) groups excluding carboxylic acids is 2. The Morgan fingerprint density at radius 2 is 1.89 bits per heavy atom. The first-order valence-electron chi connectivity index (χ1n) is 9.36. The van der Waals surface area contributed by atoms with Crippen molar-refractivity contribution < 1.29 is 14.3 Å². The van der Waals surface area contributed by atoms with Crippen LogP contribution in [0, 0.1) is 0 Å². The summed E-state index contributed by atoms with van der Waals surface area (Å²) in [6.07, 6.45) is 2.56. The third kappa shape index (κ3) is 4.95. The van der Waals surface area contributed by atoms with Crippen LogP contribution in [0.25, 0.3) is 0 Å². The van der Waals surface area contributed by atoms with E-state index in [0.717, 1.165) is 36.3 Å². The Bertz CT molecular complexity index is 801. The second-order valence-corrected chi connectivity index (χ2v) is 6.95. The second kappa shape index (κ2) is 8.82. The summed E-state index contributed by atoms with van der Waals surface area (Å²) in [4.78, 5) is 26.6. The molecule has 1 atom stereocenters. The van der Waals surface area contributed by atoms with Gasteiger partial charge in [0.15, 0.2) is 0 Å². The van der Waals surface area contributed by atoms with Crippen LogP contribution in [-0.4, -0.2) is 31.6 Å². The summed E-state index contributed by atoms with van der Waals surface area (Å²) < 4.78 is 5.10. The average Bonchev–Trinajstić information content (AvgIpc) is 2.68. The summed E-state index contributed by atoms with van der Waals surface area (Å²) in [5, 5.41) is 2.85. The quantitative estimate of drug-likeness (QED) is 0.850. The molecule has 0 radical (unpaired) electrons. The van der Waals surface area contributed by atoms with E-state index in [9.17, 15) is 9.59 Å². The largest absolute Gasteiger partial charge is 0.381 e. The van der Waals surface area contributed by atoms with Crippen molar-refractivity contribution in [3.63, 3.8) is 0 Å². The maximum Gasteiger partial charge on any atom is 0.231 e. The summed E-state index contributed by atoms with van der Waals surface area (Å²) in [6, 6.07) is 15.6. The highest BCUT2D eigenvalue weighted by Crippen LogP contribution is 2.27. The summed E-state index contributed by atoms with van der Waals surface area (Å²) in [7, 11) is 1.59. The molecule has 2 aromatic carbocycles. The van der Waals surface area contributed by atoms with Gasteiger partial charge in [-0.15, -0.1) is 0 Å². The van der Waals surface area contributed by atoms with Gasteiger partial charge in [-0.05, 0) is 49.1 Å². The number of ether oxygens (including phenoxy) is 1. The average molecular weight is 366 g/mol. The molecule has 5 heteroatoms. The smallest absolute Gasteiger partial charge is 0.231 e. The topological polar surface area (TPSA) is 58.6 Å². The van der Waals surface area contributed by atoms with Crippen molar-refractivity contribution in [3.05, 3.63) is 59.7 Å². The van der Waals surface area contributed by atoms with Gasteiger partial charge in [0.1, 0.15) is 0 Å². The number of nitrogens with zero attached hydrogens (tertiary/aromatic N) is 1. The molecule has 5 nitrogen and oxygen atoms in total. The molecule has 2 aromatic rings. The fraction of sp³-hybridized carbons (Fsp3) is 0.364. The maximum absolute atomic E-state index is 12.8. The molecule has 1 aliphatic heterocycles. The first-order chi connectivity index (χ1) is 13.1. The highest BCUT2D eigenvalue weighted by atomic mass is 16.5. The third-order valence-electron chi connectivity index (χ3n) is 4.88. The minimum atomic E-state index is -0.116. The van der Waals surface area contributed by atoms with E-state index >= 15 is 0 Å². The van der Waals surface area contributed by atoms with E-state index in [-0.39, 0.29) is 17.9 Å².